The van der Waals surface area contributed by atoms with Crippen LogP contribution in [0.2, 0.25) is 0 Å². The number of hydrogen-bond acceptors (Lipinski definition) is 3. The van der Waals surface area contributed by atoms with Crippen molar-refractivity contribution in [2.75, 3.05) is 13.1 Å². The lowest BCUT2D eigenvalue weighted by atomic mass is 9.73. The van der Waals surface area contributed by atoms with E-state index >= 15 is 0 Å². The van der Waals surface area contributed by atoms with Crippen molar-refractivity contribution in [2.45, 2.75) is 40.3 Å². The van der Waals surface area contributed by atoms with E-state index in [1.807, 2.05) is 23.2 Å². The molecule has 5 heteroatoms. The zero-order valence-electron chi connectivity index (χ0n) is 13.8. The van der Waals surface area contributed by atoms with Crippen LogP contribution in [0, 0.1) is 17.3 Å². The van der Waals surface area contributed by atoms with E-state index in [9.17, 15) is 9.90 Å². The molecule has 0 radical (unpaired) electrons. The predicted molar refractivity (Wildman–Crippen MR) is 86.4 cm³/mol. The van der Waals surface area contributed by atoms with Crippen molar-refractivity contribution < 1.29 is 9.90 Å². The molecule has 1 aliphatic rings. The number of nitrogens with zero attached hydrogens (tertiary/aromatic N) is 3. The average molecular weight is 305 g/mol. The van der Waals surface area contributed by atoms with Gasteiger partial charge in [0.25, 0.3) is 0 Å². The van der Waals surface area contributed by atoms with Gasteiger partial charge < -0.3 is 5.11 Å². The van der Waals surface area contributed by atoms with Crippen LogP contribution in [0.5, 0.6) is 0 Å². The van der Waals surface area contributed by atoms with Crippen LogP contribution in [0.4, 0.5) is 0 Å². The monoisotopic (exact) mass is 305 g/mol. The molecule has 1 saturated heterocycles. The van der Waals surface area contributed by atoms with E-state index in [4.69, 9.17) is 0 Å². The highest BCUT2D eigenvalue weighted by Crippen LogP contribution is 2.36. The summed E-state index contributed by atoms with van der Waals surface area (Å²) in [7, 11) is 0. The Labute approximate surface area is 132 Å². The maximum absolute atomic E-state index is 11.5. The highest BCUT2D eigenvalue weighted by atomic mass is 16.4. The second-order valence-electron chi connectivity index (χ2n) is 7.39. The van der Waals surface area contributed by atoms with E-state index in [-0.39, 0.29) is 11.3 Å². The number of hydrogen-bond donors (Lipinski definition) is 1. The first-order valence-corrected chi connectivity index (χ1v) is 7.87. The lowest BCUT2D eigenvalue weighted by Crippen LogP contribution is -2.46. The van der Waals surface area contributed by atoms with Gasteiger partial charge in [-0.2, -0.15) is 5.10 Å². The minimum atomic E-state index is -0.679. The summed E-state index contributed by atoms with van der Waals surface area (Å²) in [6, 6.07) is 0. The molecule has 2 rings (SSSR count). The molecular weight excluding hydrogens is 278 g/mol. The van der Waals surface area contributed by atoms with Gasteiger partial charge in [0.2, 0.25) is 0 Å². The van der Waals surface area contributed by atoms with E-state index in [2.05, 4.69) is 37.3 Å². The Hall–Kier alpha value is -1.62. The molecule has 122 valence electrons. The van der Waals surface area contributed by atoms with Gasteiger partial charge in [-0.25, -0.2) is 0 Å². The molecule has 1 N–H and O–H groups in total. The summed E-state index contributed by atoms with van der Waals surface area (Å²) in [6.07, 6.45) is 6.46. The minimum Gasteiger partial charge on any atom is -0.481 e. The summed E-state index contributed by atoms with van der Waals surface area (Å²) < 4.78 is 1.85. The van der Waals surface area contributed by atoms with E-state index in [0.717, 1.165) is 25.1 Å². The van der Waals surface area contributed by atoms with Crippen molar-refractivity contribution in [3.8, 4) is 0 Å². The molecule has 1 fully saturated rings. The third-order valence-electron chi connectivity index (χ3n) is 4.51. The molecule has 1 aromatic rings. The SMILES string of the molecule is C=CCn1cc(CN2C[C@@H](C(=O)O)C[C@@H](C(C)(C)C)C2)cn1. The molecule has 0 unspecified atom stereocenters. The molecule has 0 aromatic carbocycles. The van der Waals surface area contributed by atoms with Gasteiger partial charge in [-0.3, -0.25) is 14.4 Å². The molecule has 22 heavy (non-hydrogen) atoms. The normalized spacial score (nSPS) is 23.4. The van der Waals surface area contributed by atoms with Crippen LogP contribution in [0.1, 0.15) is 32.8 Å². The van der Waals surface area contributed by atoms with Gasteiger partial charge in [0.05, 0.1) is 18.7 Å². The Balaban J connectivity index is 2.07. The first-order valence-electron chi connectivity index (χ1n) is 7.87. The summed E-state index contributed by atoms with van der Waals surface area (Å²) >= 11 is 0. The van der Waals surface area contributed by atoms with E-state index < -0.39 is 5.97 Å². The number of allylic oxidation sites excluding steroid dienone is 1. The van der Waals surface area contributed by atoms with E-state index in [1.54, 1.807) is 0 Å². The Morgan fingerprint density at radius 3 is 2.82 bits per heavy atom. The largest absolute Gasteiger partial charge is 0.481 e. The second kappa shape index (κ2) is 6.65. The van der Waals surface area contributed by atoms with Crippen LogP contribution in [0.25, 0.3) is 0 Å². The molecule has 0 saturated carbocycles. The number of rotatable bonds is 5. The smallest absolute Gasteiger partial charge is 0.307 e. The Morgan fingerprint density at radius 1 is 1.50 bits per heavy atom. The number of carboxylic acids is 1. The standard InChI is InChI=1S/C17H27N3O2/c1-5-6-20-10-13(8-18-20)9-19-11-14(16(21)22)7-15(12-19)17(2,3)4/h5,8,10,14-15H,1,6-7,9,11-12H2,2-4H3,(H,21,22)/t14-,15+/m0/s1. The Morgan fingerprint density at radius 2 is 2.23 bits per heavy atom. The van der Waals surface area contributed by atoms with Gasteiger partial charge in [-0.1, -0.05) is 26.8 Å². The van der Waals surface area contributed by atoms with Crippen LogP contribution < -0.4 is 0 Å². The molecule has 2 heterocycles. The average Bonchev–Trinajstić information content (AvgIpc) is 2.85. The molecule has 0 aliphatic carbocycles. The van der Waals surface area contributed by atoms with Crippen LogP contribution in [0.3, 0.4) is 0 Å². The summed E-state index contributed by atoms with van der Waals surface area (Å²) in [5.74, 6) is -0.562. The highest BCUT2D eigenvalue weighted by Gasteiger charge is 2.37. The lowest BCUT2D eigenvalue weighted by Gasteiger charge is -2.42. The van der Waals surface area contributed by atoms with Crippen LogP contribution in [-0.4, -0.2) is 38.8 Å². The van der Waals surface area contributed by atoms with Gasteiger partial charge in [-0.05, 0) is 17.8 Å². The predicted octanol–water partition coefficient (Wildman–Crippen LogP) is 2.64. The van der Waals surface area contributed by atoms with Gasteiger partial charge >= 0.3 is 5.97 Å². The zero-order chi connectivity index (χ0) is 16.3. The molecule has 0 spiro atoms. The van der Waals surface area contributed by atoms with Crippen molar-refractivity contribution in [1.82, 2.24) is 14.7 Å². The third-order valence-corrected chi connectivity index (χ3v) is 4.51. The van der Waals surface area contributed by atoms with Crippen molar-refractivity contribution in [3.63, 3.8) is 0 Å². The van der Waals surface area contributed by atoms with Crippen molar-refractivity contribution in [2.24, 2.45) is 17.3 Å². The lowest BCUT2D eigenvalue weighted by molar-refractivity contribution is -0.145. The molecule has 1 aromatic heterocycles. The van der Waals surface area contributed by atoms with Gasteiger partial charge in [0.15, 0.2) is 0 Å². The number of carbonyl (C=O) groups is 1. The second-order valence-corrected chi connectivity index (χ2v) is 7.39. The first-order chi connectivity index (χ1) is 10.3. The van der Waals surface area contributed by atoms with E-state index in [0.29, 0.717) is 19.0 Å². The van der Waals surface area contributed by atoms with Gasteiger partial charge in [0.1, 0.15) is 0 Å². The molecule has 0 amide bonds. The van der Waals surface area contributed by atoms with Crippen LogP contribution in [-0.2, 0) is 17.9 Å². The van der Waals surface area contributed by atoms with Crippen molar-refractivity contribution in [1.29, 1.82) is 0 Å². The molecule has 1 aliphatic heterocycles. The number of likely N-dealkylation sites (tertiary alicyclic amines) is 1. The maximum Gasteiger partial charge on any atom is 0.307 e. The molecule has 2 atom stereocenters. The van der Waals surface area contributed by atoms with Crippen LogP contribution >= 0.6 is 0 Å². The summed E-state index contributed by atoms with van der Waals surface area (Å²) in [4.78, 5) is 13.7. The van der Waals surface area contributed by atoms with Gasteiger partial charge in [0, 0.05) is 31.4 Å². The zero-order valence-corrected chi connectivity index (χ0v) is 13.8. The fourth-order valence-electron chi connectivity index (χ4n) is 3.10. The third kappa shape index (κ3) is 4.19. The van der Waals surface area contributed by atoms with Gasteiger partial charge in [-0.15, -0.1) is 6.58 Å². The molecule has 5 nitrogen and oxygen atoms in total. The quantitative estimate of drug-likeness (QED) is 0.850. The van der Waals surface area contributed by atoms with E-state index in [1.165, 1.54) is 0 Å². The van der Waals surface area contributed by atoms with Crippen molar-refractivity contribution >= 4 is 5.97 Å². The topological polar surface area (TPSA) is 58.4 Å². The number of carboxylic acid groups (broad SMARTS) is 1. The fraction of sp³-hybridized carbons (Fsp3) is 0.647. The fourth-order valence-corrected chi connectivity index (χ4v) is 3.10. The Kier molecular flexibility index (Phi) is 5.06. The summed E-state index contributed by atoms with van der Waals surface area (Å²) in [5.41, 5.74) is 1.25. The minimum absolute atomic E-state index is 0.124. The summed E-state index contributed by atoms with van der Waals surface area (Å²) in [6.45, 7) is 13.3. The summed E-state index contributed by atoms with van der Waals surface area (Å²) in [5, 5.41) is 13.7. The van der Waals surface area contributed by atoms with Crippen molar-refractivity contribution in [3.05, 3.63) is 30.6 Å². The van der Waals surface area contributed by atoms with Crippen LogP contribution in [0.15, 0.2) is 25.0 Å². The Bertz CT molecular complexity index is 530. The first kappa shape index (κ1) is 16.7. The highest BCUT2D eigenvalue weighted by molar-refractivity contribution is 5.70. The molecular formula is C17H27N3O2. The number of aromatic nitrogens is 2. The number of aliphatic carboxylic acids is 1. The number of piperidine rings is 1. The maximum atomic E-state index is 11.5. The molecule has 0 bridgehead atoms.